The van der Waals surface area contributed by atoms with Gasteiger partial charge in [0.2, 0.25) is 0 Å². The highest BCUT2D eigenvalue weighted by molar-refractivity contribution is 7.91. The molecule has 0 amide bonds. The van der Waals surface area contributed by atoms with E-state index in [0.29, 0.717) is 11.5 Å². The molecule has 0 saturated carbocycles. The molecule has 3 rings (SSSR count). The molecule has 166 valence electrons. The maximum absolute atomic E-state index is 13.0. The smallest absolute Gasteiger partial charge is 0.306 e. The molecule has 0 spiro atoms. The third-order valence-electron chi connectivity index (χ3n) is 4.80. The van der Waals surface area contributed by atoms with Gasteiger partial charge in [-0.25, -0.2) is 8.42 Å². The Morgan fingerprint density at radius 1 is 0.938 bits per heavy atom. The van der Waals surface area contributed by atoms with Crippen LogP contribution >= 0.6 is 0 Å². The molecular formula is C23H21NO7S. The number of benzene rings is 3. The number of carbonyl (C=O) groups excluding carboxylic acids is 1. The van der Waals surface area contributed by atoms with E-state index in [1.165, 1.54) is 55.6 Å². The zero-order valence-corrected chi connectivity index (χ0v) is 18.0. The van der Waals surface area contributed by atoms with Crippen LogP contribution in [0.5, 0.6) is 11.5 Å². The summed E-state index contributed by atoms with van der Waals surface area (Å²) in [5.74, 6) is -0.528. The lowest BCUT2D eigenvalue weighted by molar-refractivity contribution is -0.384. The summed E-state index contributed by atoms with van der Waals surface area (Å²) in [6, 6.07) is 20.4. The van der Waals surface area contributed by atoms with Crippen LogP contribution in [0, 0.1) is 10.1 Å². The molecule has 1 atom stereocenters. The molecule has 0 bridgehead atoms. The summed E-state index contributed by atoms with van der Waals surface area (Å²) >= 11 is 0. The Kier molecular flexibility index (Phi) is 7.21. The van der Waals surface area contributed by atoms with E-state index >= 15 is 0 Å². The van der Waals surface area contributed by atoms with Crippen LogP contribution in [-0.4, -0.2) is 32.2 Å². The fourth-order valence-corrected chi connectivity index (χ4v) is 4.71. The van der Waals surface area contributed by atoms with Gasteiger partial charge in [-0.15, -0.1) is 0 Å². The van der Waals surface area contributed by atoms with Gasteiger partial charge in [0.25, 0.3) is 5.69 Å². The van der Waals surface area contributed by atoms with Gasteiger partial charge in [-0.05, 0) is 42.0 Å². The zero-order chi connectivity index (χ0) is 23.1. The largest absolute Gasteiger partial charge is 0.469 e. The van der Waals surface area contributed by atoms with Crippen LogP contribution < -0.4 is 4.74 Å². The standard InChI is InChI=1S/C23H21NO7S/c1-30-23(25)15-18(17-5-3-2-4-6-17)16-32(28,29)22-13-11-21(12-14-22)31-20-9-7-19(8-10-20)24(26)27/h2-14,18H,15-16H2,1H3. The summed E-state index contributed by atoms with van der Waals surface area (Å²) in [5.41, 5.74) is 0.679. The molecule has 8 nitrogen and oxygen atoms in total. The first-order valence-electron chi connectivity index (χ1n) is 9.65. The quantitative estimate of drug-likeness (QED) is 0.265. The van der Waals surface area contributed by atoms with E-state index in [-0.39, 0.29) is 22.8 Å². The first kappa shape index (κ1) is 23.0. The number of non-ortho nitro benzene ring substituents is 1. The lowest BCUT2D eigenvalue weighted by Gasteiger charge is -2.17. The number of carbonyl (C=O) groups is 1. The molecule has 0 fully saturated rings. The third kappa shape index (κ3) is 5.92. The van der Waals surface area contributed by atoms with Gasteiger partial charge in [-0.1, -0.05) is 30.3 Å². The molecule has 0 radical (unpaired) electrons. The Labute approximate surface area is 185 Å². The van der Waals surface area contributed by atoms with Crippen molar-refractivity contribution in [1.29, 1.82) is 0 Å². The van der Waals surface area contributed by atoms with E-state index in [1.54, 1.807) is 24.3 Å². The van der Waals surface area contributed by atoms with Gasteiger partial charge in [0, 0.05) is 18.1 Å². The number of esters is 1. The minimum atomic E-state index is -3.70. The van der Waals surface area contributed by atoms with Crippen LogP contribution in [-0.2, 0) is 19.4 Å². The Bertz CT molecular complexity index is 1180. The summed E-state index contributed by atoms with van der Waals surface area (Å²) in [6.45, 7) is 0. The molecule has 0 N–H and O–H groups in total. The molecule has 3 aromatic carbocycles. The normalized spacial score (nSPS) is 12.0. The number of hydrogen-bond acceptors (Lipinski definition) is 7. The van der Waals surface area contributed by atoms with Crippen molar-refractivity contribution in [1.82, 2.24) is 0 Å². The molecule has 0 heterocycles. The number of methoxy groups -OCH3 is 1. The number of nitro groups is 1. The Morgan fingerprint density at radius 2 is 1.50 bits per heavy atom. The maximum atomic E-state index is 13.0. The predicted octanol–water partition coefficient (Wildman–Crippen LogP) is 4.51. The van der Waals surface area contributed by atoms with Crippen molar-refractivity contribution in [3.05, 3.63) is 94.5 Å². The van der Waals surface area contributed by atoms with Gasteiger partial charge in [-0.2, -0.15) is 0 Å². The molecule has 0 aliphatic carbocycles. The van der Waals surface area contributed by atoms with Crippen LogP contribution in [0.2, 0.25) is 0 Å². The summed E-state index contributed by atoms with van der Waals surface area (Å²) in [5, 5.41) is 10.7. The van der Waals surface area contributed by atoms with Crippen LogP contribution in [0.15, 0.2) is 83.8 Å². The molecular weight excluding hydrogens is 434 g/mol. The fourth-order valence-electron chi connectivity index (χ4n) is 3.13. The van der Waals surface area contributed by atoms with Gasteiger partial charge < -0.3 is 9.47 Å². The average Bonchev–Trinajstić information content (AvgIpc) is 2.79. The number of sulfone groups is 1. The molecule has 3 aromatic rings. The van der Waals surface area contributed by atoms with Crippen molar-refractivity contribution in [2.24, 2.45) is 0 Å². The van der Waals surface area contributed by atoms with E-state index in [1.807, 2.05) is 6.07 Å². The Morgan fingerprint density at radius 3 is 2.03 bits per heavy atom. The highest BCUT2D eigenvalue weighted by Gasteiger charge is 2.25. The number of nitro benzene ring substituents is 1. The third-order valence-corrected chi connectivity index (χ3v) is 6.63. The van der Waals surface area contributed by atoms with Crippen molar-refractivity contribution < 1.29 is 27.6 Å². The van der Waals surface area contributed by atoms with Crippen LogP contribution in [0.3, 0.4) is 0 Å². The molecule has 0 aliphatic rings. The van der Waals surface area contributed by atoms with E-state index in [0.717, 1.165) is 5.56 Å². The zero-order valence-electron chi connectivity index (χ0n) is 17.2. The van der Waals surface area contributed by atoms with Gasteiger partial charge >= 0.3 is 5.97 Å². The summed E-state index contributed by atoms with van der Waals surface area (Å²) < 4.78 is 36.3. The van der Waals surface area contributed by atoms with Gasteiger partial charge in [0.15, 0.2) is 9.84 Å². The Balaban J connectivity index is 1.75. The van der Waals surface area contributed by atoms with E-state index in [9.17, 15) is 23.3 Å². The summed E-state index contributed by atoms with van der Waals surface area (Å²) in [7, 11) is -2.44. The van der Waals surface area contributed by atoms with Crippen molar-refractivity contribution in [2.75, 3.05) is 12.9 Å². The van der Waals surface area contributed by atoms with Crippen molar-refractivity contribution >= 4 is 21.5 Å². The number of rotatable bonds is 9. The molecule has 0 aliphatic heterocycles. The summed E-state index contributed by atoms with van der Waals surface area (Å²) in [4.78, 5) is 22.1. The van der Waals surface area contributed by atoms with Crippen LogP contribution in [0.4, 0.5) is 5.69 Å². The lowest BCUT2D eigenvalue weighted by atomic mass is 9.98. The van der Waals surface area contributed by atoms with E-state index in [4.69, 9.17) is 9.47 Å². The second-order valence-corrected chi connectivity index (χ2v) is 9.03. The fraction of sp³-hybridized carbons (Fsp3) is 0.174. The van der Waals surface area contributed by atoms with Gasteiger partial charge in [-0.3, -0.25) is 14.9 Å². The second-order valence-electron chi connectivity index (χ2n) is 6.99. The van der Waals surface area contributed by atoms with Crippen molar-refractivity contribution in [3.8, 4) is 11.5 Å². The monoisotopic (exact) mass is 455 g/mol. The first-order valence-corrected chi connectivity index (χ1v) is 11.3. The highest BCUT2D eigenvalue weighted by atomic mass is 32.2. The summed E-state index contributed by atoms with van der Waals surface area (Å²) in [6.07, 6.45) is -0.0545. The number of ether oxygens (including phenoxy) is 2. The van der Waals surface area contributed by atoms with Crippen molar-refractivity contribution in [3.63, 3.8) is 0 Å². The van der Waals surface area contributed by atoms with Crippen LogP contribution in [0.1, 0.15) is 17.9 Å². The highest BCUT2D eigenvalue weighted by Crippen LogP contribution is 2.28. The minimum absolute atomic E-state index is 0.0545. The molecule has 1 unspecified atom stereocenters. The predicted molar refractivity (Wildman–Crippen MR) is 117 cm³/mol. The van der Waals surface area contributed by atoms with Gasteiger partial charge in [0.1, 0.15) is 11.5 Å². The number of hydrogen-bond donors (Lipinski definition) is 0. The topological polar surface area (TPSA) is 113 Å². The van der Waals surface area contributed by atoms with E-state index < -0.39 is 26.6 Å². The maximum Gasteiger partial charge on any atom is 0.306 e. The molecule has 0 saturated heterocycles. The van der Waals surface area contributed by atoms with E-state index in [2.05, 4.69) is 0 Å². The molecule has 0 aromatic heterocycles. The minimum Gasteiger partial charge on any atom is -0.469 e. The first-order chi connectivity index (χ1) is 15.3. The SMILES string of the molecule is COC(=O)CC(CS(=O)(=O)c1ccc(Oc2ccc([N+](=O)[O-])cc2)cc1)c1ccccc1. The number of nitrogens with zero attached hydrogens (tertiary/aromatic N) is 1. The van der Waals surface area contributed by atoms with Crippen LogP contribution in [0.25, 0.3) is 0 Å². The van der Waals surface area contributed by atoms with Gasteiger partial charge in [0.05, 0.1) is 29.1 Å². The molecule has 9 heteroatoms. The lowest BCUT2D eigenvalue weighted by Crippen LogP contribution is -2.18. The molecule has 32 heavy (non-hydrogen) atoms. The second kappa shape index (κ2) is 10.1. The van der Waals surface area contributed by atoms with Crippen molar-refractivity contribution in [2.45, 2.75) is 17.2 Å². The Hall–Kier alpha value is -3.72. The average molecular weight is 455 g/mol.